The van der Waals surface area contributed by atoms with Crippen LogP contribution in [0.5, 0.6) is 0 Å². The van der Waals surface area contributed by atoms with Gasteiger partial charge in [0.15, 0.2) is 0 Å². The molecule has 0 atom stereocenters. The molecule has 0 heteroatoms. The van der Waals surface area contributed by atoms with Crippen molar-refractivity contribution in [3.63, 3.8) is 0 Å². The van der Waals surface area contributed by atoms with E-state index >= 15 is 0 Å². The maximum atomic E-state index is 3.66. The van der Waals surface area contributed by atoms with E-state index in [0.29, 0.717) is 0 Å². The van der Waals surface area contributed by atoms with Crippen LogP contribution in [0.4, 0.5) is 0 Å². The van der Waals surface area contributed by atoms with Gasteiger partial charge in [0.1, 0.15) is 0 Å². The molecule has 0 aliphatic rings. The molecule has 1 rings (SSSR count). The summed E-state index contributed by atoms with van der Waals surface area (Å²) >= 11 is 0. The topological polar surface area (TPSA) is 0 Å². The molecule has 14 heavy (non-hydrogen) atoms. The minimum absolute atomic E-state index is 0.989. The van der Waals surface area contributed by atoms with Crippen molar-refractivity contribution in [2.45, 2.75) is 13.3 Å². The van der Waals surface area contributed by atoms with Crippen LogP contribution in [0.1, 0.15) is 12.5 Å². The number of rotatable bonds is 4. The normalized spacial score (nSPS) is 11.9. The highest BCUT2D eigenvalue weighted by Gasteiger charge is 1.85. The van der Waals surface area contributed by atoms with Gasteiger partial charge in [0, 0.05) is 0 Å². The van der Waals surface area contributed by atoms with Crippen molar-refractivity contribution < 1.29 is 0 Å². The molecule has 0 spiro atoms. The quantitative estimate of drug-likeness (QED) is 0.622. The molecule has 1 aromatic rings. The van der Waals surface area contributed by atoms with E-state index in [9.17, 15) is 0 Å². The maximum Gasteiger partial charge on any atom is -0.00942 e. The molecule has 0 heterocycles. The van der Waals surface area contributed by atoms with Gasteiger partial charge in [-0.1, -0.05) is 66.8 Å². The predicted octanol–water partition coefficient (Wildman–Crippen LogP) is 3.92. The lowest BCUT2D eigenvalue weighted by Crippen LogP contribution is -1.78. The third kappa shape index (κ3) is 3.90. The largest absolute Gasteiger partial charge is 0.0991 e. The summed E-state index contributed by atoms with van der Waals surface area (Å²) in [7, 11) is 0. The Morgan fingerprint density at radius 1 is 1.29 bits per heavy atom. The highest BCUT2D eigenvalue weighted by Crippen LogP contribution is 2.02. The molecule has 0 saturated heterocycles. The van der Waals surface area contributed by atoms with Crippen LogP contribution in [-0.4, -0.2) is 0 Å². The van der Waals surface area contributed by atoms with E-state index in [2.05, 4.69) is 49.9 Å². The zero-order valence-electron chi connectivity index (χ0n) is 8.61. The highest BCUT2D eigenvalue weighted by molar-refractivity contribution is 5.23. The maximum absolute atomic E-state index is 3.66. The van der Waals surface area contributed by atoms with Gasteiger partial charge in [-0.3, -0.25) is 0 Å². The zero-order chi connectivity index (χ0) is 10.2. The van der Waals surface area contributed by atoms with E-state index in [1.807, 2.05) is 18.2 Å². The first-order valence-electron chi connectivity index (χ1n) is 4.82. The second-order valence-corrected chi connectivity index (χ2v) is 3.24. The monoisotopic (exact) mass is 184 g/mol. The van der Waals surface area contributed by atoms with Crippen LogP contribution in [0.2, 0.25) is 0 Å². The number of benzene rings is 1. The SMILES string of the molecule is C=C/C=C(C)\C=C/Cc1ccccc1. The summed E-state index contributed by atoms with van der Waals surface area (Å²) in [6, 6.07) is 10.4. The Morgan fingerprint density at radius 3 is 2.64 bits per heavy atom. The second kappa shape index (κ2) is 5.98. The zero-order valence-corrected chi connectivity index (χ0v) is 8.61. The summed E-state index contributed by atoms with van der Waals surface area (Å²) in [6.07, 6.45) is 9.09. The van der Waals surface area contributed by atoms with E-state index in [4.69, 9.17) is 0 Å². The third-order valence-electron chi connectivity index (χ3n) is 1.96. The van der Waals surface area contributed by atoms with E-state index in [1.54, 1.807) is 0 Å². The summed E-state index contributed by atoms with van der Waals surface area (Å²) in [4.78, 5) is 0. The van der Waals surface area contributed by atoms with Gasteiger partial charge in [-0.15, -0.1) is 0 Å². The van der Waals surface area contributed by atoms with Gasteiger partial charge in [0.05, 0.1) is 0 Å². The molecule has 0 aliphatic carbocycles. The summed E-state index contributed by atoms with van der Waals surface area (Å²) < 4.78 is 0. The molecule has 0 nitrogen and oxygen atoms in total. The Balaban J connectivity index is 2.49. The Morgan fingerprint density at radius 2 is 2.00 bits per heavy atom. The predicted molar refractivity (Wildman–Crippen MR) is 63.2 cm³/mol. The molecular weight excluding hydrogens is 168 g/mol. The van der Waals surface area contributed by atoms with Crippen LogP contribution in [-0.2, 0) is 6.42 Å². The van der Waals surface area contributed by atoms with Crippen LogP contribution in [0.15, 0.2) is 66.8 Å². The van der Waals surface area contributed by atoms with Gasteiger partial charge in [-0.25, -0.2) is 0 Å². The fourth-order valence-corrected chi connectivity index (χ4v) is 1.24. The highest BCUT2D eigenvalue weighted by atomic mass is 13.9. The molecule has 0 unspecified atom stereocenters. The standard InChI is InChI=1S/C14H16/c1-3-8-13(2)9-7-12-14-10-5-4-6-11-14/h3-11H,1,12H2,2H3/b9-7-,13-8-. The third-order valence-corrected chi connectivity index (χ3v) is 1.96. The lowest BCUT2D eigenvalue weighted by molar-refractivity contribution is 1.26. The molecular formula is C14H16. The summed E-state index contributed by atoms with van der Waals surface area (Å²) in [6.45, 7) is 5.73. The van der Waals surface area contributed by atoms with Crippen LogP contribution < -0.4 is 0 Å². The smallest absolute Gasteiger partial charge is 0.00942 e. The lowest BCUT2D eigenvalue weighted by Gasteiger charge is -1.94. The molecule has 72 valence electrons. The van der Waals surface area contributed by atoms with Crippen molar-refractivity contribution in [1.29, 1.82) is 0 Å². The number of hydrogen-bond donors (Lipinski definition) is 0. The van der Waals surface area contributed by atoms with Crippen LogP contribution in [0.25, 0.3) is 0 Å². The van der Waals surface area contributed by atoms with Crippen molar-refractivity contribution in [2.75, 3.05) is 0 Å². The van der Waals surface area contributed by atoms with Gasteiger partial charge in [0.2, 0.25) is 0 Å². The minimum Gasteiger partial charge on any atom is -0.0991 e. The van der Waals surface area contributed by atoms with Crippen LogP contribution in [0, 0.1) is 0 Å². The van der Waals surface area contributed by atoms with Crippen LogP contribution >= 0.6 is 0 Å². The van der Waals surface area contributed by atoms with E-state index < -0.39 is 0 Å². The van der Waals surface area contributed by atoms with Crippen molar-refractivity contribution in [3.05, 3.63) is 72.4 Å². The molecule has 0 saturated carbocycles. The number of allylic oxidation sites excluding steroid dienone is 5. The van der Waals surface area contributed by atoms with Crippen LogP contribution in [0.3, 0.4) is 0 Å². The fourth-order valence-electron chi connectivity index (χ4n) is 1.24. The first kappa shape index (κ1) is 10.5. The Bertz CT molecular complexity index is 328. The summed E-state index contributed by atoms with van der Waals surface area (Å²) in [5.74, 6) is 0. The molecule has 0 fully saturated rings. The Hall–Kier alpha value is -1.56. The van der Waals surface area contributed by atoms with E-state index in [1.165, 1.54) is 11.1 Å². The van der Waals surface area contributed by atoms with Crippen molar-refractivity contribution >= 4 is 0 Å². The Labute approximate surface area is 86.3 Å². The first-order valence-corrected chi connectivity index (χ1v) is 4.82. The van der Waals surface area contributed by atoms with Crippen molar-refractivity contribution in [2.24, 2.45) is 0 Å². The molecule has 0 bridgehead atoms. The molecule has 0 radical (unpaired) electrons. The van der Waals surface area contributed by atoms with Gasteiger partial charge in [-0.05, 0) is 18.9 Å². The van der Waals surface area contributed by atoms with Gasteiger partial charge in [-0.2, -0.15) is 0 Å². The number of hydrogen-bond acceptors (Lipinski definition) is 0. The van der Waals surface area contributed by atoms with Crippen molar-refractivity contribution in [3.8, 4) is 0 Å². The average Bonchev–Trinajstić information content (AvgIpc) is 2.20. The fraction of sp³-hybridized carbons (Fsp3) is 0.143. The lowest BCUT2D eigenvalue weighted by atomic mass is 10.1. The summed E-state index contributed by atoms with van der Waals surface area (Å²) in [5.41, 5.74) is 2.58. The van der Waals surface area contributed by atoms with Gasteiger partial charge >= 0.3 is 0 Å². The van der Waals surface area contributed by atoms with E-state index in [-0.39, 0.29) is 0 Å². The van der Waals surface area contributed by atoms with Gasteiger partial charge < -0.3 is 0 Å². The summed E-state index contributed by atoms with van der Waals surface area (Å²) in [5, 5.41) is 0. The first-order chi connectivity index (χ1) is 6.83. The van der Waals surface area contributed by atoms with Gasteiger partial charge in [0.25, 0.3) is 0 Å². The molecule has 0 aromatic heterocycles. The minimum atomic E-state index is 0.989. The molecule has 1 aromatic carbocycles. The molecule has 0 aliphatic heterocycles. The second-order valence-electron chi connectivity index (χ2n) is 3.24. The van der Waals surface area contributed by atoms with Crippen molar-refractivity contribution in [1.82, 2.24) is 0 Å². The average molecular weight is 184 g/mol. The molecule has 0 N–H and O–H groups in total. The van der Waals surface area contributed by atoms with E-state index in [0.717, 1.165) is 6.42 Å². The Kier molecular flexibility index (Phi) is 4.49. The molecule has 0 amide bonds.